The first-order valence-corrected chi connectivity index (χ1v) is 11.2. The molecule has 0 spiro atoms. The van der Waals surface area contributed by atoms with Gasteiger partial charge in [0.2, 0.25) is 5.91 Å². The summed E-state index contributed by atoms with van der Waals surface area (Å²) in [4.78, 5) is 27.5. The molecular weight excluding hydrogens is 444 g/mol. The van der Waals surface area contributed by atoms with Crippen LogP contribution in [-0.2, 0) is 9.59 Å². The fourth-order valence-electron chi connectivity index (χ4n) is 4.09. The number of halogens is 1. The number of hydrogen-bond acceptors (Lipinski definition) is 3. The number of benzene rings is 2. The predicted octanol–water partition coefficient (Wildman–Crippen LogP) is 4.91. The molecule has 30 heavy (non-hydrogen) atoms. The van der Waals surface area contributed by atoms with Crippen LogP contribution in [0.5, 0.6) is 5.75 Å². The summed E-state index contributed by atoms with van der Waals surface area (Å²) < 4.78 is 6.80. The van der Waals surface area contributed by atoms with Gasteiger partial charge in [0.05, 0.1) is 5.69 Å². The van der Waals surface area contributed by atoms with Crippen LogP contribution >= 0.6 is 15.9 Å². The van der Waals surface area contributed by atoms with E-state index in [1.165, 1.54) is 11.3 Å². The quantitative estimate of drug-likeness (QED) is 0.648. The normalized spacial score (nSPS) is 22.4. The summed E-state index contributed by atoms with van der Waals surface area (Å²) in [5.74, 6) is 0.770. The largest absolute Gasteiger partial charge is 0.449 e. The first kappa shape index (κ1) is 20.7. The van der Waals surface area contributed by atoms with Crippen molar-refractivity contribution in [1.29, 1.82) is 0 Å². The molecule has 1 aliphatic carbocycles. The highest BCUT2D eigenvalue weighted by Crippen LogP contribution is 2.35. The lowest BCUT2D eigenvalue weighted by Gasteiger charge is -2.32. The average molecular weight is 469 g/mol. The number of hydrogen-bond donors (Lipinski definition) is 1. The Labute approximate surface area is 185 Å². The van der Waals surface area contributed by atoms with Crippen LogP contribution in [0.1, 0.15) is 38.2 Å². The van der Waals surface area contributed by atoms with Gasteiger partial charge < -0.3 is 10.1 Å². The number of rotatable bonds is 4. The number of carbonyl (C=O) groups is 2. The number of amides is 2. The summed E-state index contributed by atoms with van der Waals surface area (Å²) in [7, 11) is 0. The molecule has 0 aromatic heterocycles. The maximum absolute atomic E-state index is 13.2. The van der Waals surface area contributed by atoms with Crippen LogP contribution in [0.2, 0.25) is 0 Å². The van der Waals surface area contributed by atoms with Crippen molar-refractivity contribution < 1.29 is 14.3 Å². The molecule has 2 unspecified atom stereocenters. The molecule has 1 heterocycles. The maximum atomic E-state index is 13.2. The third kappa shape index (κ3) is 4.59. The minimum atomic E-state index is -0.319. The molecule has 156 valence electrons. The molecule has 2 aliphatic rings. The van der Waals surface area contributed by atoms with Gasteiger partial charge in [-0.1, -0.05) is 60.0 Å². The zero-order valence-corrected chi connectivity index (χ0v) is 18.5. The van der Waals surface area contributed by atoms with Gasteiger partial charge >= 0.3 is 0 Å². The van der Waals surface area contributed by atoms with Crippen molar-refractivity contribution in [3.63, 3.8) is 0 Å². The molecule has 0 radical (unpaired) electrons. The van der Waals surface area contributed by atoms with Crippen molar-refractivity contribution in [3.05, 3.63) is 64.3 Å². The third-order valence-electron chi connectivity index (χ3n) is 5.74. The summed E-state index contributed by atoms with van der Waals surface area (Å²) >= 11 is 3.45. The fraction of sp³-hybridized carbons (Fsp3) is 0.333. The smallest absolute Gasteiger partial charge is 0.294 e. The van der Waals surface area contributed by atoms with Crippen molar-refractivity contribution in [2.75, 3.05) is 11.4 Å². The summed E-state index contributed by atoms with van der Waals surface area (Å²) in [5, 5.41) is 3.14. The van der Waals surface area contributed by atoms with Crippen LogP contribution in [-0.4, -0.2) is 24.4 Å². The molecule has 4 rings (SSSR count). The van der Waals surface area contributed by atoms with Crippen molar-refractivity contribution in [3.8, 4) is 5.75 Å². The SMILES string of the molecule is CC1CCCCC1NC(=O)CN1C(=O)C(=Cc2cccc(Br)c2)Oc2ccccc21. The second kappa shape index (κ2) is 9.04. The molecule has 1 fully saturated rings. The Hall–Kier alpha value is -2.60. The minimum absolute atomic E-state index is 0.0295. The van der Waals surface area contributed by atoms with E-state index in [1.807, 2.05) is 42.5 Å². The molecule has 1 N–H and O–H groups in total. The Morgan fingerprint density at radius 1 is 1.20 bits per heavy atom. The van der Waals surface area contributed by atoms with Crippen LogP contribution in [0, 0.1) is 5.92 Å². The maximum Gasteiger partial charge on any atom is 0.294 e. The summed E-state index contributed by atoms with van der Waals surface area (Å²) in [6.45, 7) is 2.15. The first-order chi connectivity index (χ1) is 14.5. The number of nitrogens with one attached hydrogen (secondary N) is 1. The number of ether oxygens (including phenoxy) is 1. The fourth-order valence-corrected chi connectivity index (χ4v) is 4.51. The van der Waals surface area contributed by atoms with Crippen LogP contribution in [0.15, 0.2) is 58.8 Å². The van der Waals surface area contributed by atoms with E-state index < -0.39 is 0 Å². The monoisotopic (exact) mass is 468 g/mol. The zero-order chi connectivity index (χ0) is 21.1. The van der Waals surface area contributed by atoms with Gasteiger partial charge in [-0.25, -0.2) is 0 Å². The highest BCUT2D eigenvalue weighted by atomic mass is 79.9. The van der Waals surface area contributed by atoms with Gasteiger partial charge in [0.1, 0.15) is 6.54 Å². The van der Waals surface area contributed by atoms with E-state index in [-0.39, 0.29) is 30.2 Å². The standard InChI is InChI=1S/C24H25BrN2O3/c1-16-7-2-3-10-19(16)26-23(28)15-27-20-11-4-5-12-21(20)30-22(24(27)29)14-17-8-6-9-18(25)13-17/h4-6,8-9,11-14,16,19H,2-3,7,10,15H2,1H3,(H,26,28). The lowest BCUT2D eigenvalue weighted by molar-refractivity contribution is -0.124. The number of para-hydroxylation sites is 2. The van der Waals surface area contributed by atoms with Crippen LogP contribution in [0.3, 0.4) is 0 Å². The molecule has 5 nitrogen and oxygen atoms in total. The van der Waals surface area contributed by atoms with Crippen molar-refractivity contribution in [1.82, 2.24) is 5.32 Å². The van der Waals surface area contributed by atoms with Crippen molar-refractivity contribution >= 4 is 39.5 Å². The zero-order valence-electron chi connectivity index (χ0n) is 16.9. The molecule has 2 aromatic carbocycles. The highest BCUT2D eigenvalue weighted by Gasteiger charge is 2.32. The predicted molar refractivity (Wildman–Crippen MR) is 121 cm³/mol. The van der Waals surface area contributed by atoms with Gasteiger partial charge in [-0.15, -0.1) is 0 Å². The molecule has 0 saturated heterocycles. The summed E-state index contributed by atoms with van der Waals surface area (Å²) in [6, 6.07) is 15.1. The Morgan fingerprint density at radius 2 is 2.00 bits per heavy atom. The van der Waals surface area contributed by atoms with Gasteiger partial charge in [0.15, 0.2) is 11.5 Å². The molecular formula is C24H25BrN2O3. The Bertz CT molecular complexity index is 988. The third-order valence-corrected chi connectivity index (χ3v) is 6.23. The first-order valence-electron chi connectivity index (χ1n) is 10.4. The molecule has 2 atom stereocenters. The molecule has 6 heteroatoms. The summed E-state index contributed by atoms with van der Waals surface area (Å²) in [5.41, 5.74) is 1.45. The van der Waals surface area contributed by atoms with E-state index in [2.05, 4.69) is 28.2 Å². The topological polar surface area (TPSA) is 58.6 Å². The van der Waals surface area contributed by atoms with Crippen LogP contribution in [0.25, 0.3) is 6.08 Å². The number of anilines is 1. The number of fused-ring (bicyclic) bond motifs is 1. The van der Waals surface area contributed by atoms with Crippen molar-refractivity contribution in [2.45, 2.75) is 38.6 Å². The lowest BCUT2D eigenvalue weighted by Crippen LogP contribution is -2.48. The second-order valence-corrected chi connectivity index (χ2v) is 8.88. The van der Waals surface area contributed by atoms with Gasteiger partial charge in [0, 0.05) is 10.5 Å². The highest BCUT2D eigenvalue weighted by molar-refractivity contribution is 9.10. The Balaban J connectivity index is 1.57. The van der Waals surface area contributed by atoms with Gasteiger partial charge in [-0.05, 0) is 54.7 Å². The van der Waals surface area contributed by atoms with E-state index in [0.29, 0.717) is 17.4 Å². The van der Waals surface area contributed by atoms with Crippen LogP contribution in [0.4, 0.5) is 5.69 Å². The molecule has 2 aromatic rings. The molecule has 2 amide bonds. The van der Waals surface area contributed by atoms with Gasteiger partial charge in [0.25, 0.3) is 5.91 Å². The average Bonchev–Trinajstić information content (AvgIpc) is 2.73. The van der Waals surface area contributed by atoms with Crippen molar-refractivity contribution in [2.24, 2.45) is 5.92 Å². The Morgan fingerprint density at radius 3 is 2.80 bits per heavy atom. The van der Waals surface area contributed by atoms with Gasteiger partial charge in [-0.3, -0.25) is 14.5 Å². The summed E-state index contributed by atoms with van der Waals surface area (Å²) in [6.07, 6.45) is 6.18. The van der Waals surface area contributed by atoms with E-state index in [0.717, 1.165) is 29.3 Å². The van der Waals surface area contributed by atoms with E-state index in [1.54, 1.807) is 12.1 Å². The number of nitrogens with zero attached hydrogens (tertiary/aromatic N) is 1. The molecule has 1 saturated carbocycles. The van der Waals surface area contributed by atoms with Gasteiger partial charge in [-0.2, -0.15) is 0 Å². The van der Waals surface area contributed by atoms with E-state index in [9.17, 15) is 9.59 Å². The minimum Gasteiger partial charge on any atom is -0.449 e. The van der Waals surface area contributed by atoms with Crippen LogP contribution < -0.4 is 15.0 Å². The second-order valence-electron chi connectivity index (χ2n) is 7.96. The molecule has 0 bridgehead atoms. The molecule has 1 aliphatic heterocycles. The van der Waals surface area contributed by atoms with E-state index in [4.69, 9.17) is 4.74 Å². The van der Waals surface area contributed by atoms with E-state index >= 15 is 0 Å². The lowest BCUT2D eigenvalue weighted by atomic mass is 9.86. The number of carbonyl (C=O) groups excluding carboxylic acids is 2. The Kier molecular flexibility index (Phi) is 6.23.